The summed E-state index contributed by atoms with van der Waals surface area (Å²) in [6.45, 7) is 0. The molecule has 4 N–H and O–H groups in total. The Labute approximate surface area is 117 Å². The molecule has 0 amide bonds. The zero-order chi connectivity index (χ0) is 12.1. The minimum absolute atomic E-state index is 0. The van der Waals surface area contributed by atoms with E-state index in [4.69, 9.17) is 15.4 Å². The van der Waals surface area contributed by atoms with Gasteiger partial charge in [-0.05, 0) is 18.2 Å². The number of benzene rings is 1. The molecule has 0 aliphatic carbocycles. The number of anilines is 1. The number of rotatable bonds is 1. The van der Waals surface area contributed by atoms with Crippen LogP contribution in [0.15, 0.2) is 24.3 Å². The second-order valence-corrected chi connectivity index (χ2v) is 4.13. The summed E-state index contributed by atoms with van der Waals surface area (Å²) < 4.78 is 25.9. The first kappa shape index (κ1) is 17.8. The molecule has 0 saturated heterocycles. The maximum Gasteiger partial charge on any atom is 1.00 e. The van der Waals surface area contributed by atoms with E-state index in [9.17, 15) is 13.2 Å². The average molecular weight is 257 g/mol. The number of nitrogens with two attached hydrogens (primary N) is 1. The van der Waals surface area contributed by atoms with E-state index < -0.39 is 16.1 Å². The maximum atomic E-state index is 10.3. The number of nitrogen functional groups attached to an aromatic ring is 1. The minimum Gasteiger partial charge on any atom is -1.00 e. The normalized spacial score (nSPS) is 9.38. The van der Waals surface area contributed by atoms with Crippen LogP contribution in [0.2, 0.25) is 0 Å². The molecule has 0 saturated carbocycles. The van der Waals surface area contributed by atoms with Crippen molar-refractivity contribution < 1.29 is 53.9 Å². The Morgan fingerprint density at radius 1 is 1.44 bits per heavy atom. The van der Waals surface area contributed by atoms with Crippen LogP contribution >= 0.6 is 0 Å². The minimum atomic E-state index is -3.67. The van der Waals surface area contributed by atoms with Crippen molar-refractivity contribution in [1.29, 1.82) is 0 Å². The Bertz CT molecular complexity index is 443. The van der Waals surface area contributed by atoms with Crippen LogP contribution in [-0.4, -0.2) is 30.3 Å². The van der Waals surface area contributed by atoms with Crippen molar-refractivity contribution in [3.05, 3.63) is 29.8 Å². The van der Waals surface area contributed by atoms with Crippen molar-refractivity contribution in [2.45, 2.75) is 0 Å². The van der Waals surface area contributed by atoms with Crippen molar-refractivity contribution >= 4 is 21.8 Å². The molecule has 0 fully saturated rings. The standard InChI is InChI=1S/C7H7NO2.CH4O3S.Na.H/c8-6-3-1-2-5(4-6)7(9)10;1-5(2,3)4;;/h1-4H,8H2,(H,9,10);1H3,(H,2,3,4);;/q;;+1;-1. The molecule has 0 aliphatic heterocycles. The summed E-state index contributed by atoms with van der Waals surface area (Å²) in [4.78, 5) is 10.3. The third kappa shape index (κ3) is 11.5. The van der Waals surface area contributed by atoms with Crippen LogP contribution in [-0.2, 0) is 10.1 Å². The van der Waals surface area contributed by atoms with Gasteiger partial charge >= 0.3 is 35.5 Å². The molecule has 1 aromatic rings. The van der Waals surface area contributed by atoms with Crippen LogP contribution in [0.25, 0.3) is 0 Å². The molecule has 0 aromatic heterocycles. The average Bonchev–Trinajstić information content (AvgIpc) is 2.00. The molecule has 0 heterocycles. The van der Waals surface area contributed by atoms with Crippen LogP contribution in [0, 0.1) is 0 Å². The third-order valence-electron chi connectivity index (χ3n) is 1.13. The van der Waals surface area contributed by atoms with E-state index in [0.29, 0.717) is 11.9 Å². The Morgan fingerprint density at radius 3 is 2.12 bits per heavy atom. The van der Waals surface area contributed by atoms with Gasteiger partial charge in [-0.25, -0.2) is 4.79 Å². The van der Waals surface area contributed by atoms with Gasteiger partial charge in [-0.3, -0.25) is 4.55 Å². The molecule has 0 spiro atoms. The molecule has 8 heteroatoms. The molecule has 1 aromatic carbocycles. The smallest absolute Gasteiger partial charge is 1.00 e. The molecular formula is C8H12NNaO5S. The van der Waals surface area contributed by atoms with Gasteiger partial charge in [0.15, 0.2) is 0 Å². The number of hydrogen-bond donors (Lipinski definition) is 3. The Balaban J connectivity index is -0.000000247. The quantitative estimate of drug-likeness (QED) is 0.293. The first-order valence-electron chi connectivity index (χ1n) is 3.71. The molecule has 1 rings (SSSR count). The monoisotopic (exact) mass is 257 g/mol. The van der Waals surface area contributed by atoms with Gasteiger partial charge in [0.1, 0.15) is 0 Å². The molecule has 0 radical (unpaired) electrons. The van der Waals surface area contributed by atoms with E-state index >= 15 is 0 Å². The van der Waals surface area contributed by atoms with Gasteiger partial charge in [0, 0.05) is 5.69 Å². The van der Waals surface area contributed by atoms with E-state index in [2.05, 4.69) is 0 Å². The van der Waals surface area contributed by atoms with Crippen LogP contribution < -0.4 is 35.3 Å². The fourth-order valence-electron chi connectivity index (χ4n) is 0.672. The predicted molar refractivity (Wildman–Crippen MR) is 56.4 cm³/mol. The first-order valence-corrected chi connectivity index (χ1v) is 5.56. The predicted octanol–water partition coefficient (Wildman–Crippen LogP) is -2.41. The van der Waals surface area contributed by atoms with E-state index in [0.717, 1.165) is 0 Å². The van der Waals surface area contributed by atoms with Gasteiger partial charge in [0.2, 0.25) is 0 Å². The van der Waals surface area contributed by atoms with E-state index in [-0.39, 0.29) is 36.5 Å². The number of carbonyl (C=O) groups is 1. The van der Waals surface area contributed by atoms with Crippen LogP contribution in [0.4, 0.5) is 5.69 Å². The number of hydrogen-bond acceptors (Lipinski definition) is 4. The van der Waals surface area contributed by atoms with Gasteiger partial charge in [-0.15, -0.1) is 0 Å². The second-order valence-electron chi connectivity index (χ2n) is 2.66. The molecule has 6 nitrogen and oxygen atoms in total. The Morgan fingerprint density at radius 2 is 1.88 bits per heavy atom. The number of carboxylic acids is 1. The van der Waals surface area contributed by atoms with Crippen LogP contribution in [0.5, 0.6) is 0 Å². The van der Waals surface area contributed by atoms with Crippen molar-refractivity contribution in [1.82, 2.24) is 0 Å². The van der Waals surface area contributed by atoms with Gasteiger partial charge in [-0.2, -0.15) is 8.42 Å². The zero-order valence-corrected chi connectivity index (χ0v) is 11.7. The molecule has 0 atom stereocenters. The van der Waals surface area contributed by atoms with Gasteiger partial charge in [-0.1, -0.05) is 6.07 Å². The maximum absolute atomic E-state index is 10.3. The van der Waals surface area contributed by atoms with E-state index in [1.54, 1.807) is 12.1 Å². The third-order valence-corrected chi connectivity index (χ3v) is 1.13. The van der Waals surface area contributed by atoms with Crippen molar-refractivity contribution in [2.24, 2.45) is 0 Å². The van der Waals surface area contributed by atoms with Crippen LogP contribution in [0.1, 0.15) is 11.8 Å². The number of carboxylic acid groups (broad SMARTS) is 1. The summed E-state index contributed by atoms with van der Waals surface area (Å²) in [5.41, 5.74) is 6.03. The zero-order valence-electron chi connectivity index (χ0n) is 9.91. The molecule has 86 valence electrons. The fourth-order valence-corrected chi connectivity index (χ4v) is 0.672. The fraction of sp³-hybridized carbons (Fsp3) is 0.125. The van der Waals surface area contributed by atoms with Gasteiger partial charge in [0.05, 0.1) is 11.8 Å². The molecular weight excluding hydrogens is 245 g/mol. The largest absolute Gasteiger partial charge is 1.00 e. The summed E-state index contributed by atoms with van der Waals surface area (Å²) in [6.07, 6.45) is 0.715. The van der Waals surface area contributed by atoms with Crippen molar-refractivity contribution in [2.75, 3.05) is 12.0 Å². The Hall–Kier alpha value is -0.600. The number of aromatic carboxylic acids is 1. The summed E-state index contributed by atoms with van der Waals surface area (Å²) in [7, 11) is -3.67. The molecule has 0 aliphatic rings. The van der Waals surface area contributed by atoms with Crippen LogP contribution in [0.3, 0.4) is 0 Å². The van der Waals surface area contributed by atoms with Crippen molar-refractivity contribution in [3.8, 4) is 0 Å². The molecule has 0 bridgehead atoms. The topological polar surface area (TPSA) is 118 Å². The summed E-state index contributed by atoms with van der Waals surface area (Å²) in [5, 5.41) is 8.45. The van der Waals surface area contributed by atoms with Gasteiger partial charge in [0.25, 0.3) is 10.1 Å². The first-order chi connectivity index (χ1) is 6.70. The van der Waals surface area contributed by atoms with E-state index in [1.165, 1.54) is 12.1 Å². The Kier molecular flexibility index (Phi) is 8.49. The van der Waals surface area contributed by atoms with Crippen molar-refractivity contribution in [3.63, 3.8) is 0 Å². The second kappa shape index (κ2) is 7.64. The molecule has 0 unspecified atom stereocenters. The SMILES string of the molecule is CS(=O)(=O)O.Nc1cccc(C(=O)O)c1.[H-].[Na+]. The summed E-state index contributed by atoms with van der Waals surface area (Å²) >= 11 is 0. The van der Waals surface area contributed by atoms with E-state index in [1.807, 2.05) is 0 Å². The van der Waals surface area contributed by atoms with Gasteiger partial charge < -0.3 is 12.3 Å². The summed E-state index contributed by atoms with van der Waals surface area (Å²) in [6, 6.07) is 6.17. The summed E-state index contributed by atoms with van der Waals surface area (Å²) in [5.74, 6) is -0.952. The molecule has 16 heavy (non-hydrogen) atoms.